The Morgan fingerprint density at radius 1 is 1.08 bits per heavy atom. The highest BCUT2D eigenvalue weighted by atomic mass is 35.5. The van der Waals surface area contributed by atoms with Gasteiger partial charge in [0.2, 0.25) is 0 Å². The van der Waals surface area contributed by atoms with Gasteiger partial charge in [-0.25, -0.2) is 9.78 Å². The molecule has 0 atom stereocenters. The number of rotatable bonds is 4. The fourth-order valence-corrected chi connectivity index (χ4v) is 2.85. The first-order valence-electron chi connectivity index (χ1n) is 6.79. The van der Waals surface area contributed by atoms with Crippen molar-refractivity contribution in [2.24, 2.45) is 0 Å². The summed E-state index contributed by atoms with van der Waals surface area (Å²) in [5, 5.41) is 10.8. The number of hydrogen-bond acceptors (Lipinski definition) is 3. The Morgan fingerprint density at radius 3 is 2.58 bits per heavy atom. The zero-order valence-corrected chi connectivity index (χ0v) is 14.3. The van der Waals surface area contributed by atoms with Crippen molar-refractivity contribution in [3.8, 4) is 11.4 Å². The van der Waals surface area contributed by atoms with E-state index in [0.717, 1.165) is 0 Å². The van der Waals surface area contributed by atoms with E-state index in [9.17, 15) is 9.90 Å². The molecule has 2 aromatic heterocycles. The first kappa shape index (κ1) is 16.8. The molecule has 0 aliphatic heterocycles. The molecule has 0 saturated heterocycles. The minimum atomic E-state index is -1.10. The first-order valence-corrected chi connectivity index (χ1v) is 7.93. The van der Waals surface area contributed by atoms with E-state index in [0.29, 0.717) is 32.0 Å². The van der Waals surface area contributed by atoms with E-state index in [1.54, 1.807) is 30.5 Å². The highest BCUT2D eigenvalue weighted by molar-refractivity contribution is 6.33. The molecule has 122 valence electrons. The number of hydrogen-bond donors (Lipinski definition) is 1. The Hall–Kier alpha value is -2.08. The van der Waals surface area contributed by atoms with Gasteiger partial charge in [-0.15, -0.1) is 0 Å². The monoisotopic (exact) mass is 381 g/mol. The Balaban J connectivity index is 2.13. The van der Waals surface area contributed by atoms with E-state index in [4.69, 9.17) is 34.8 Å². The highest BCUT2D eigenvalue weighted by Crippen LogP contribution is 2.26. The van der Waals surface area contributed by atoms with Crippen LogP contribution in [0.4, 0.5) is 0 Å². The van der Waals surface area contributed by atoms with Gasteiger partial charge >= 0.3 is 5.97 Å². The number of carboxylic acid groups (broad SMARTS) is 1. The summed E-state index contributed by atoms with van der Waals surface area (Å²) in [6.07, 6.45) is 4.34. The summed E-state index contributed by atoms with van der Waals surface area (Å²) in [6, 6.07) is 6.69. The Morgan fingerprint density at radius 2 is 1.88 bits per heavy atom. The quantitative estimate of drug-likeness (QED) is 0.713. The second-order valence-corrected chi connectivity index (χ2v) is 6.27. The van der Waals surface area contributed by atoms with Crippen molar-refractivity contribution in [1.82, 2.24) is 14.5 Å². The van der Waals surface area contributed by atoms with Gasteiger partial charge in [0.05, 0.1) is 17.8 Å². The lowest BCUT2D eigenvalue weighted by Gasteiger charge is -2.12. The average Bonchev–Trinajstić information content (AvgIpc) is 2.95. The third kappa shape index (κ3) is 3.38. The number of carboxylic acids is 1. The molecular formula is C16H10Cl3N3O2. The number of nitrogens with zero attached hydrogens (tertiary/aromatic N) is 3. The van der Waals surface area contributed by atoms with Crippen LogP contribution in [0.1, 0.15) is 16.1 Å². The number of aromatic carboxylic acids is 1. The minimum Gasteiger partial charge on any atom is -0.477 e. The van der Waals surface area contributed by atoms with Crippen LogP contribution < -0.4 is 0 Å². The summed E-state index contributed by atoms with van der Waals surface area (Å²) in [7, 11) is 0. The maximum absolute atomic E-state index is 11.5. The second kappa shape index (κ2) is 6.81. The molecule has 8 heteroatoms. The molecule has 5 nitrogen and oxygen atoms in total. The van der Waals surface area contributed by atoms with Crippen LogP contribution in [0, 0.1) is 0 Å². The molecule has 3 aromatic rings. The summed E-state index contributed by atoms with van der Waals surface area (Å²) >= 11 is 18.2. The molecule has 0 fully saturated rings. The molecule has 2 heterocycles. The van der Waals surface area contributed by atoms with Crippen LogP contribution in [-0.2, 0) is 6.54 Å². The Labute approximate surface area is 152 Å². The first-order chi connectivity index (χ1) is 11.5. The largest absolute Gasteiger partial charge is 0.477 e. The third-order valence-electron chi connectivity index (χ3n) is 3.37. The van der Waals surface area contributed by atoms with Gasteiger partial charge < -0.3 is 9.67 Å². The summed E-state index contributed by atoms with van der Waals surface area (Å²) in [5.41, 5.74) is 1.31. The van der Waals surface area contributed by atoms with E-state index in [1.165, 1.54) is 17.0 Å². The van der Waals surface area contributed by atoms with Gasteiger partial charge in [-0.1, -0.05) is 34.8 Å². The predicted octanol–water partition coefficient (Wildman–Crippen LogP) is 4.65. The van der Waals surface area contributed by atoms with E-state index < -0.39 is 5.97 Å². The number of aromatic nitrogens is 3. The number of halogens is 3. The molecule has 1 N–H and O–H groups in total. The van der Waals surface area contributed by atoms with E-state index >= 15 is 0 Å². The normalized spacial score (nSPS) is 10.8. The lowest BCUT2D eigenvalue weighted by atomic mass is 10.2. The fourth-order valence-electron chi connectivity index (χ4n) is 2.31. The van der Waals surface area contributed by atoms with Gasteiger partial charge in [-0.2, -0.15) is 0 Å². The zero-order chi connectivity index (χ0) is 17.3. The van der Waals surface area contributed by atoms with Gasteiger partial charge in [0.1, 0.15) is 11.5 Å². The molecular weight excluding hydrogens is 373 g/mol. The van der Waals surface area contributed by atoms with Crippen LogP contribution in [0.3, 0.4) is 0 Å². The van der Waals surface area contributed by atoms with E-state index in [1.807, 2.05) is 0 Å². The standard InChI is InChI=1S/C16H10Cl3N3O2/c17-11-1-2-13(19)10(4-11)8-22-14(16(23)24)7-21-15(22)9-3-12(18)6-20-5-9/h1-7H,8H2,(H,23,24). The van der Waals surface area contributed by atoms with Crippen molar-refractivity contribution in [2.75, 3.05) is 0 Å². The molecule has 0 spiro atoms. The van der Waals surface area contributed by atoms with Crippen LogP contribution >= 0.6 is 34.8 Å². The van der Waals surface area contributed by atoms with Crippen molar-refractivity contribution in [3.05, 3.63) is 69.2 Å². The van der Waals surface area contributed by atoms with Crippen molar-refractivity contribution in [2.45, 2.75) is 6.54 Å². The molecule has 1 aromatic carbocycles. The Bertz CT molecular complexity index is 925. The smallest absolute Gasteiger partial charge is 0.354 e. The van der Waals surface area contributed by atoms with Crippen LogP contribution in [0.25, 0.3) is 11.4 Å². The molecule has 24 heavy (non-hydrogen) atoms. The second-order valence-electron chi connectivity index (χ2n) is 4.99. The maximum Gasteiger partial charge on any atom is 0.354 e. The summed E-state index contributed by atoms with van der Waals surface area (Å²) in [5.74, 6) is -0.666. The summed E-state index contributed by atoms with van der Waals surface area (Å²) in [6.45, 7) is 0.197. The zero-order valence-electron chi connectivity index (χ0n) is 12.1. The van der Waals surface area contributed by atoms with Crippen LogP contribution in [0.5, 0.6) is 0 Å². The molecule has 0 saturated carbocycles. The maximum atomic E-state index is 11.5. The molecule has 0 amide bonds. The molecule has 0 radical (unpaired) electrons. The lowest BCUT2D eigenvalue weighted by molar-refractivity contribution is 0.0686. The minimum absolute atomic E-state index is 0.0287. The SMILES string of the molecule is O=C(O)c1cnc(-c2cncc(Cl)c2)n1Cc1cc(Cl)ccc1Cl. The van der Waals surface area contributed by atoms with Gasteiger partial charge in [0.25, 0.3) is 0 Å². The molecule has 0 aliphatic rings. The number of carbonyl (C=O) groups is 1. The van der Waals surface area contributed by atoms with E-state index in [2.05, 4.69) is 9.97 Å². The fraction of sp³-hybridized carbons (Fsp3) is 0.0625. The summed E-state index contributed by atoms with van der Waals surface area (Å²) in [4.78, 5) is 19.7. The Kier molecular flexibility index (Phi) is 4.76. The molecule has 3 rings (SSSR count). The van der Waals surface area contributed by atoms with Crippen LogP contribution in [0.2, 0.25) is 15.1 Å². The van der Waals surface area contributed by atoms with Crippen LogP contribution in [0.15, 0.2) is 42.9 Å². The molecule has 0 unspecified atom stereocenters. The van der Waals surface area contributed by atoms with Crippen molar-refractivity contribution >= 4 is 40.8 Å². The highest BCUT2D eigenvalue weighted by Gasteiger charge is 2.18. The van der Waals surface area contributed by atoms with Gasteiger partial charge in [-0.05, 0) is 29.8 Å². The predicted molar refractivity (Wildman–Crippen MR) is 93.0 cm³/mol. The van der Waals surface area contributed by atoms with Gasteiger partial charge in [0, 0.05) is 28.0 Å². The van der Waals surface area contributed by atoms with E-state index in [-0.39, 0.29) is 12.2 Å². The molecule has 0 bridgehead atoms. The van der Waals surface area contributed by atoms with Crippen molar-refractivity contribution in [3.63, 3.8) is 0 Å². The van der Waals surface area contributed by atoms with Gasteiger partial charge in [0.15, 0.2) is 0 Å². The topological polar surface area (TPSA) is 68.0 Å². The van der Waals surface area contributed by atoms with Gasteiger partial charge in [-0.3, -0.25) is 4.98 Å². The average molecular weight is 383 g/mol. The molecule has 0 aliphatic carbocycles. The number of imidazole rings is 1. The number of benzene rings is 1. The van der Waals surface area contributed by atoms with Crippen molar-refractivity contribution < 1.29 is 9.90 Å². The lowest BCUT2D eigenvalue weighted by Crippen LogP contribution is -2.11. The number of pyridine rings is 1. The summed E-state index contributed by atoms with van der Waals surface area (Å²) < 4.78 is 1.53. The third-order valence-corrected chi connectivity index (χ3v) is 4.18. The van der Waals surface area contributed by atoms with Crippen LogP contribution in [-0.4, -0.2) is 25.6 Å². The van der Waals surface area contributed by atoms with Crippen molar-refractivity contribution in [1.29, 1.82) is 0 Å².